The molecule has 27 heavy (non-hydrogen) atoms. The summed E-state index contributed by atoms with van der Waals surface area (Å²) in [4.78, 5) is 24.9. The van der Waals surface area contributed by atoms with Gasteiger partial charge in [0.1, 0.15) is 12.0 Å². The molecule has 0 unspecified atom stereocenters. The van der Waals surface area contributed by atoms with Gasteiger partial charge in [-0.1, -0.05) is 35.9 Å². The summed E-state index contributed by atoms with van der Waals surface area (Å²) in [6.45, 7) is 1.69. The van der Waals surface area contributed by atoms with Crippen molar-refractivity contribution in [2.75, 3.05) is 0 Å². The number of nitrogens with zero attached hydrogens (tertiary/aromatic N) is 3. The number of hydrogen-bond donors (Lipinski definition) is 1. The second-order valence-corrected chi connectivity index (χ2v) is 6.53. The lowest BCUT2D eigenvalue weighted by Gasteiger charge is -2.07. The summed E-state index contributed by atoms with van der Waals surface area (Å²) in [7, 11) is 0. The summed E-state index contributed by atoms with van der Waals surface area (Å²) in [5, 5.41) is 21.4. The molecule has 4 rings (SSSR count). The number of H-pyrrole nitrogens is 1. The van der Waals surface area contributed by atoms with E-state index in [4.69, 9.17) is 11.6 Å². The number of aldehydes is 1. The SMILES string of the molecule is Cc1c(-c2nnc(Cl)c3[nH]c4cc(CC=O)ccc4c23)cccc1[N+](=O)[O-]. The van der Waals surface area contributed by atoms with Gasteiger partial charge in [0.2, 0.25) is 0 Å². The van der Waals surface area contributed by atoms with Crippen LogP contribution >= 0.6 is 11.6 Å². The molecule has 0 atom stereocenters. The number of nitro groups is 1. The van der Waals surface area contributed by atoms with Crippen LogP contribution in [0.4, 0.5) is 5.69 Å². The number of hydrogen-bond acceptors (Lipinski definition) is 5. The van der Waals surface area contributed by atoms with Crippen LogP contribution in [-0.4, -0.2) is 26.4 Å². The number of aromatic nitrogens is 3. The fraction of sp³-hybridized carbons (Fsp3) is 0.105. The molecule has 0 spiro atoms. The van der Waals surface area contributed by atoms with Crippen molar-refractivity contribution in [3.8, 4) is 11.3 Å². The normalized spacial score (nSPS) is 11.2. The Balaban J connectivity index is 2.07. The van der Waals surface area contributed by atoms with Crippen LogP contribution in [0.15, 0.2) is 36.4 Å². The minimum absolute atomic E-state index is 0.0190. The highest BCUT2D eigenvalue weighted by atomic mass is 35.5. The molecule has 0 aliphatic rings. The smallest absolute Gasteiger partial charge is 0.272 e. The molecular formula is C19H13ClN4O3. The maximum Gasteiger partial charge on any atom is 0.272 e. The van der Waals surface area contributed by atoms with Crippen LogP contribution in [0.3, 0.4) is 0 Å². The summed E-state index contributed by atoms with van der Waals surface area (Å²) in [5.74, 6) is 0. The third-order valence-corrected chi connectivity index (χ3v) is 4.88. The van der Waals surface area contributed by atoms with Gasteiger partial charge in [0.25, 0.3) is 5.69 Å². The first-order valence-electron chi connectivity index (χ1n) is 8.15. The summed E-state index contributed by atoms with van der Waals surface area (Å²) in [6, 6.07) is 10.5. The molecule has 0 bridgehead atoms. The van der Waals surface area contributed by atoms with Crippen molar-refractivity contribution >= 4 is 45.4 Å². The van der Waals surface area contributed by atoms with Crippen LogP contribution in [0.2, 0.25) is 5.15 Å². The zero-order chi connectivity index (χ0) is 19.1. The van der Waals surface area contributed by atoms with Crippen molar-refractivity contribution in [3.63, 3.8) is 0 Å². The van der Waals surface area contributed by atoms with Gasteiger partial charge in [-0.15, -0.1) is 10.2 Å². The minimum Gasteiger partial charge on any atom is -0.352 e. The summed E-state index contributed by atoms with van der Waals surface area (Å²) in [5.41, 5.74) is 3.93. The highest BCUT2D eigenvalue weighted by Crippen LogP contribution is 2.38. The molecular weight excluding hydrogens is 368 g/mol. The molecule has 0 fully saturated rings. The maximum absolute atomic E-state index is 11.3. The van der Waals surface area contributed by atoms with E-state index in [2.05, 4.69) is 15.2 Å². The fourth-order valence-electron chi connectivity index (χ4n) is 3.33. The van der Waals surface area contributed by atoms with Gasteiger partial charge >= 0.3 is 0 Å². The Morgan fingerprint density at radius 3 is 2.81 bits per heavy atom. The zero-order valence-electron chi connectivity index (χ0n) is 14.2. The fourth-order valence-corrected chi connectivity index (χ4v) is 3.51. The first-order chi connectivity index (χ1) is 13.0. The third kappa shape index (κ3) is 2.72. The maximum atomic E-state index is 11.3. The number of carbonyl (C=O) groups excluding carboxylic acids is 1. The molecule has 2 aromatic heterocycles. The standard InChI is InChI=1S/C19H13ClN4O3/c1-10-12(3-2-4-15(10)24(26)27)17-16-13-6-5-11(7-8-25)9-14(13)21-18(16)19(20)23-22-17/h2-6,8-9,21H,7H2,1H3. The predicted octanol–water partition coefficient (Wildman–Crippen LogP) is 4.39. The van der Waals surface area contributed by atoms with E-state index in [-0.39, 0.29) is 10.8 Å². The van der Waals surface area contributed by atoms with E-state index in [0.29, 0.717) is 28.8 Å². The first kappa shape index (κ1) is 17.1. The summed E-state index contributed by atoms with van der Waals surface area (Å²) >= 11 is 6.24. The minimum atomic E-state index is -0.416. The summed E-state index contributed by atoms with van der Waals surface area (Å²) < 4.78 is 0. The Morgan fingerprint density at radius 1 is 1.26 bits per heavy atom. The van der Waals surface area contributed by atoms with Crippen LogP contribution in [-0.2, 0) is 11.2 Å². The number of fused-ring (bicyclic) bond motifs is 3. The van der Waals surface area contributed by atoms with Crippen LogP contribution in [0.1, 0.15) is 11.1 Å². The van der Waals surface area contributed by atoms with Crippen LogP contribution < -0.4 is 0 Å². The molecule has 0 saturated carbocycles. The Bertz CT molecular complexity index is 1230. The molecule has 2 aromatic carbocycles. The highest BCUT2D eigenvalue weighted by Gasteiger charge is 2.21. The number of nitro benzene ring substituents is 1. The molecule has 134 valence electrons. The number of carbonyl (C=O) groups is 1. The largest absolute Gasteiger partial charge is 0.352 e. The second kappa shape index (κ2) is 6.44. The number of rotatable bonds is 4. The molecule has 1 N–H and O–H groups in total. The molecule has 4 aromatic rings. The van der Waals surface area contributed by atoms with Crippen molar-refractivity contribution in [1.82, 2.24) is 15.2 Å². The van der Waals surface area contributed by atoms with Gasteiger partial charge in [-0.2, -0.15) is 0 Å². The van der Waals surface area contributed by atoms with E-state index in [9.17, 15) is 14.9 Å². The Hall–Kier alpha value is -3.32. The van der Waals surface area contributed by atoms with Crippen LogP contribution in [0, 0.1) is 17.0 Å². The Morgan fingerprint density at radius 2 is 2.07 bits per heavy atom. The monoisotopic (exact) mass is 380 g/mol. The van der Waals surface area contributed by atoms with Gasteiger partial charge in [0.05, 0.1) is 10.4 Å². The van der Waals surface area contributed by atoms with Crippen molar-refractivity contribution in [2.24, 2.45) is 0 Å². The van der Waals surface area contributed by atoms with E-state index in [1.807, 2.05) is 18.2 Å². The van der Waals surface area contributed by atoms with Gasteiger partial charge in [-0.05, 0) is 18.6 Å². The molecule has 0 amide bonds. The highest BCUT2D eigenvalue weighted by molar-refractivity contribution is 6.35. The van der Waals surface area contributed by atoms with E-state index in [1.165, 1.54) is 6.07 Å². The molecule has 7 nitrogen and oxygen atoms in total. The number of benzene rings is 2. The van der Waals surface area contributed by atoms with Gasteiger partial charge in [0, 0.05) is 39.9 Å². The van der Waals surface area contributed by atoms with E-state index in [1.54, 1.807) is 19.1 Å². The van der Waals surface area contributed by atoms with Crippen LogP contribution in [0.25, 0.3) is 33.1 Å². The Kier molecular flexibility index (Phi) is 4.08. The molecule has 0 aliphatic heterocycles. The average molecular weight is 381 g/mol. The lowest BCUT2D eigenvalue weighted by atomic mass is 9.99. The topological polar surface area (TPSA) is 102 Å². The number of halogens is 1. The number of nitrogens with one attached hydrogen (secondary N) is 1. The zero-order valence-corrected chi connectivity index (χ0v) is 14.9. The van der Waals surface area contributed by atoms with E-state index in [0.717, 1.165) is 28.1 Å². The summed E-state index contributed by atoms with van der Waals surface area (Å²) in [6.07, 6.45) is 1.16. The molecule has 0 saturated heterocycles. The van der Waals surface area contributed by atoms with Crippen LogP contribution in [0.5, 0.6) is 0 Å². The van der Waals surface area contributed by atoms with Gasteiger partial charge in [-0.25, -0.2) is 0 Å². The average Bonchev–Trinajstić information content (AvgIpc) is 3.02. The van der Waals surface area contributed by atoms with E-state index >= 15 is 0 Å². The lowest BCUT2D eigenvalue weighted by molar-refractivity contribution is -0.385. The second-order valence-electron chi connectivity index (χ2n) is 6.17. The van der Waals surface area contributed by atoms with Crippen molar-refractivity contribution in [2.45, 2.75) is 13.3 Å². The molecule has 8 heteroatoms. The first-order valence-corrected chi connectivity index (χ1v) is 8.53. The van der Waals surface area contributed by atoms with Crippen molar-refractivity contribution in [1.29, 1.82) is 0 Å². The molecule has 0 aliphatic carbocycles. The van der Waals surface area contributed by atoms with Crippen molar-refractivity contribution in [3.05, 3.63) is 62.8 Å². The molecule has 0 radical (unpaired) electrons. The third-order valence-electron chi connectivity index (χ3n) is 4.62. The quantitative estimate of drug-likeness (QED) is 0.321. The molecule has 2 heterocycles. The van der Waals surface area contributed by atoms with Gasteiger partial charge in [-0.3, -0.25) is 10.1 Å². The van der Waals surface area contributed by atoms with Gasteiger partial charge in [0.15, 0.2) is 5.15 Å². The Labute approximate surface area is 158 Å². The predicted molar refractivity (Wildman–Crippen MR) is 103 cm³/mol. The lowest BCUT2D eigenvalue weighted by Crippen LogP contribution is -1.96. The van der Waals surface area contributed by atoms with Crippen molar-refractivity contribution < 1.29 is 9.72 Å². The number of aromatic amines is 1. The van der Waals surface area contributed by atoms with Gasteiger partial charge < -0.3 is 9.78 Å². The van der Waals surface area contributed by atoms with E-state index < -0.39 is 4.92 Å².